The first-order valence-electron chi connectivity index (χ1n) is 21.0. The van der Waals surface area contributed by atoms with Crippen LogP contribution in [-0.4, -0.2) is 116 Å². The Labute approximate surface area is 322 Å². The zero-order valence-electron chi connectivity index (χ0n) is 33.3. The molecule has 11 rings (SSSR count). The molecule has 312 valence electrons. The van der Waals surface area contributed by atoms with Crippen LogP contribution >= 0.6 is 0 Å². The lowest BCUT2D eigenvalue weighted by Gasteiger charge is -2.62. The molecule has 14 atom stereocenters. The average Bonchev–Trinajstić information content (AvgIpc) is 3.51. The third kappa shape index (κ3) is 6.44. The van der Waals surface area contributed by atoms with Gasteiger partial charge in [0, 0.05) is 81.4 Å². The highest BCUT2D eigenvalue weighted by atomic mass is 19.4. The number of hydrogen-bond acceptors (Lipinski definition) is 12. The normalized spacial score (nSPS) is 49.9. The minimum atomic E-state index is -4.68. The van der Waals surface area contributed by atoms with Crippen LogP contribution in [0, 0.1) is 41.4 Å². The van der Waals surface area contributed by atoms with Gasteiger partial charge >= 0.3 is 6.18 Å². The standard InChI is InChI=1S/C40H61F3N2O10/c1-24-7-9-30-26(3)37(6,51-34-38(30)28(24)11-14-36(5,50-34)53-54-38)47-22-20-45-17-15-44(16-18-45)19-21-46-23-27-31-10-8-25(2)29-12-13-35(4)49-33(39(29,31)55-52-35)48-32(27)40(41,42)43/h24-26,28-31,33-34H,7-23H2,1-6H3/t24-,25-,26-,28+,29+,30+,31+,33-,34+,35-,36-,37+,38-,39-/m1/s1. The van der Waals surface area contributed by atoms with Gasteiger partial charge in [0.25, 0.3) is 0 Å². The van der Waals surface area contributed by atoms with E-state index in [-0.39, 0.29) is 35.9 Å². The summed E-state index contributed by atoms with van der Waals surface area (Å²) in [6, 6.07) is 0. The maximum atomic E-state index is 14.5. The third-order valence-corrected chi connectivity index (χ3v) is 15.5. The van der Waals surface area contributed by atoms with Crippen LogP contribution in [0.25, 0.3) is 0 Å². The summed E-state index contributed by atoms with van der Waals surface area (Å²) in [4.78, 5) is 28.8. The number of nitrogens with zero attached hydrogens (tertiary/aromatic N) is 2. The van der Waals surface area contributed by atoms with Crippen LogP contribution in [0.3, 0.4) is 0 Å². The number of fused-ring (bicyclic) bond motifs is 4. The summed E-state index contributed by atoms with van der Waals surface area (Å²) in [5.41, 5.74) is -1.65. The molecule has 9 aliphatic heterocycles. The van der Waals surface area contributed by atoms with Crippen molar-refractivity contribution in [1.82, 2.24) is 9.80 Å². The van der Waals surface area contributed by atoms with Gasteiger partial charge in [0.15, 0.2) is 23.3 Å². The molecule has 0 radical (unpaired) electrons. The van der Waals surface area contributed by atoms with Crippen molar-refractivity contribution in [2.45, 2.75) is 140 Å². The number of halogens is 3. The first-order valence-corrected chi connectivity index (χ1v) is 21.0. The molecule has 15 heteroatoms. The van der Waals surface area contributed by atoms with Crippen LogP contribution in [0.5, 0.6) is 0 Å². The fourth-order valence-electron chi connectivity index (χ4n) is 12.1. The Kier molecular flexibility index (Phi) is 10.0. The molecule has 2 spiro atoms. The minimum Gasteiger partial charge on any atom is -0.456 e. The molecule has 0 unspecified atom stereocenters. The van der Waals surface area contributed by atoms with E-state index in [9.17, 15) is 13.2 Å². The van der Waals surface area contributed by atoms with Gasteiger partial charge < -0.3 is 28.4 Å². The predicted molar refractivity (Wildman–Crippen MR) is 188 cm³/mol. The van der Waals surface area contributed by atoms with Gasteiger partial charge in [0.05, 0.1) is 19.8 Å². The first kappa shape index (κ1) is 39.4. The highest BCUT2D eigenvalue weighted by Crippen LogP contribution is 2.63. The van der Waals surface area contributed by atoms with Gasteiger partial charge in [-0.2, -0.15) is 13.2 Å². The smallest absolute Gasteiger partial charge is 0.449 e. The molecule has 0 aromatic heterocycles. The summed E-state index contributed by atoms with van der Waals surface area (Å²) in [7, 11) is 0. The zero-order valence-corrected chi connectivity index (χ0v) is 33.3. The second kappa shape index (κ2) is 14.0. The number of piperazine rings is 1. The predicted octanol–water partition coefficient (Wildman–Crippen LogP) is 6.30. The third-order valence-electron chi connectivity index (χ3n) is 15.5. The lowest BCUT2D eigenvalue weighted by atomic mass is 9.57. The summed E-state index contributed by atoms with van der Waals surface area (Å²) in [5.74, 6) is -3.10. The molecule has 2 aliphatic carbocycles. The zero-order chi connectivity index (χ0) is 38.6. The number of ether oxygens (including phenoxy) is 6. The lowest BCUT2D eigenvalue weighted by molar-refractivity contribution is -0.585. The molecule has 9 heterocycles. The topological polar surface area (TPSA) is 98.8 Å². The van der Waals surface area contributed by atoms with Crippen LogP contribution in [0.15, 0.2) is 11.3 Å². The van der Waals surface area contributed by atoms with Crippen molar-refractivity contribution < 1.29 is 61.1 Å². The molecular formula is C40H61F3N2O10. The van der Waals surface area contributed by atoms with E-state index < -0.39 is 59.0 Å². The fourth-order valence-corrected chi connectivity index (χ4v) is 12.1. The van der Waals surface area contributed by atoms with E-state index in [1.54, 1.807) is 6.92 Å². The fraction of sp³-hybridized carbons (Fsp3) is 0.950. The summed E-state index contributed by atoms with van der Waals surface area (Å²) in [6.07, 6.45) is 0.0661. The molecule has 0 N–H and O–H groups in total. The molecular weight excluding hydrogens is 725 g/mol. The maximum Gasteiger partial charge on any atom is 0.449 e. The van der Waals surface area contributed by atoms with Crippen molar-refractivity contribution in [2.24, 2.45) is 41.4 Å². The Bertz CT molecular complexity index is 1480. The van der Waals surface area contributed by atoms with Crippen LogP contribution < -0.4 is 0 Å². The quantitative estimate of drug-likeness (QED) is 0.194. The van der Waals surface area contributed by atoms with Crippen molar-refractivity contribution in [2.75, 3.05) is 59.1 Å². The van der Waals surface area contributed by atoms with Crippen molar-refractivity contribution in [3.05, 3.63) is 11.3 Å². The second-order valence-corrected chi connectivity index (χ2v) is 18.7. The largest absolute Gasteiger partial charge is 0.456 e. The molecule has 55 heavy (non-hydrogen) atoms. The van der Waals surface area contributed by atoms with Gasteiger partial charge in [-0.3, -0.25) is 9.80 Å². The summed E-state index contributed by atoms with van der Waals surface area (Å²) >= 11 is 0. The molecule has 10 fully saturated rings. The van der Waals surface area contributed by atoms with Gasteiger partial charge in [-0.25, -0.2) is 19.6 Å². The van der Waals surface area contributed by atoms with Crippen molar-refractivity contribution in [3.63, 3.8) is 0 Å². The molecule has 0 aromatic rings. The van der Waals surface area contributed by atoms with Crippen molar-refractivity contribution >= 4 is 0 Å². The molecule has 4 bridgehead atoms. The molecule has 12 nitrogen and oxygen atoms in total. The number of allylic oxidation sites excluding steroid dienone is 1. The van der Waals surface area contributed by atoms with Crippen molar-refractivity contribution in [3.8, 4) is 0 Å². The SMILES string of the molecule is C[C@@H]1CC[C@H]2[C@@H](C)[C@@](C)(OCCN3CCN(CCOCC4=C(C(F)(F)F)O[C@@H]5O[C@@]6(C)CC[C@H]7[C@H](C)CC[C@@H]4[C@@]57OO6)CC3)O[C@@H]3O[C@@]4(C)CC[C@@H]1[C@]32OO4. The highest BCUT2D eigenvalue weighted by molar-refractivity contribution is 5.28. The lowest BCUT2D eigenvalue weighted by Crippen LogP contribution is -2.73. The van der Waals surface area contributed by atoms with Gasteiger partial charge in [0.2, 0.25) is 23.6 Å². The number of hydrogen-bond donors (Lipinski definition) is 0. The molecule has 2 saturated carbocycles. The van der Waals surface area contributed by atoms with E-state index in [0.29, 0.717) is 44.4 Å². The maximum absolute atomic E-state index is 14.5. The van der Waals surface area contributed by atoms with Gasteiger partial charge in [-0.1, -0.05) is 20.8 Å². The van der Waals surface area contributed by atoms with Crippen molar-refractivity contribution in [1.29, 1.82) is 0 Å². The minimum absolute atomic E-state index is 0.0527. The Morgan fingerprint density at radius 3 is 1.91 bits per heavy atom. The summed E-state index contributed by atoms with van der Waals surface area (Å²) < 4.78 is 81.4. The Morgan fingerprint density at radius 1 is 0.673 bits per heavy atom. The molecule has 0 amide bonds. The van der Waals surface area contributed by atoms with Crippen LogP contribution in [0.2, 0.25) is 0 Å². The van der Waals surface area contributed by atoms with Crippen LogP contribution in [-0.2, 0) is 48.0 Å². The Morgan fingerprint density at radius 2 is 1.25 bits per heavy atom. The molecule has 11 aliphatic rings. The highest BCUT2D eigenvalue weighted by Gasteiger charge is 2.72. The first-order chi connectivity index (χ1) is 26.1. The van der Waals surface area contributed by atoms with E-state index >= 15 is 0 Å². The Balaban J connectivity index is 0.770. The van der Waals surface area contributed by atoms with E-state index in [4.69, 9.17) is 48.0 Å². The summed E-state index contributed by atoms with van der Waals surface area (Å²) in [5, 5.41) is 0. The van der Waals surface area contributed by atoms with Gasteiger partial charge in [-0.05, 0) is 77.0 Å². The van der Waals surface area contributed by atoms with Crippen LogP contribution in [0.4, 0.5) is 13.2 Å². The number of alkyl halides is 3. The van der Waals surface area contributed by atoms with E-state index in [0.717, 1.165) is 71.2 Å². The van der Waals surface area contributed by atoms with E-state index in [1.165, 1.54) is 0 Å². The van der Waals surface area contributed by atoms with Gasteiger partial charge in [-0.15, -0.1) is 0 Å². The average molecular weight is 787 g/mol. The molecule has 0 aromatic carbocycles. The van der Waals surface area contributed by atoms with E-state index in [2.05, 4.69) is 37.5 Å². The van der Waals surface area contributed by atoms with E-state index in [1.807, 2.05) is 6.92 Å². The van der Waals surface area contributed by atoms with Gasteiger partial charge in [0.1, 0.15) is 0 Å². The van der Waals surface area contributed by atoms with Crippen LogP contribution in [0.1, 0.15) is 92.9 Å². The monoisotopic (exact) mass is 786 g/mol. The Hall–Kier alpha value is -1.11. The second-order valence-electron chi connectivity index (χ2n) is 18.7. The summed E-state index contributed by atoms with van der Waals surface area (Å²) in [6.45, 7) is 17.8. The molecule has 8 saturated heterocycles. The number of rotatable bonds is 9.